The van der Waals surface area contributed by atoms with Crippen molar-refractivity contribution in [1.82, 2.24) is 10.6 Å². The largest absolute Gasteiger partial charge is 0.506 e. The minimum Gasteiger partial charge on any atom is -0.506 e. The SMILES string of the molecule is CCCCCCNC(=O)c1cccc(C(=O)NCCCCCC)c1O. The average molecular weight is 348 g/mol. The molecule has 5 nitrogen and oxygen atoms in total. The summed E-state index contributed by atoms with van der Waals surface area (Å²) in [6.07, 6.45) is 8.56. The molecule has 140 valence electrons. The standard InChI is InChI=1S/C20H32N2O3/c1-3-5-7-9-14-21-19(24)16-12-11-13-17(18(16)23)20(25)22-15-10-8-6-4-2/h11-13,23H,3-10,14-15H2,1-2H3,(H,21,24)(H,22,25). The van der Waals surface area contributed by atoms with Crippen molar-refractivity contribution in [2.45, 2.75) is 65.2 Å². The molecule has 1 rings (SSSR count). The van der Waals surface area contributed by atoms with Crippen LogP contribution in [0, 0.1) is 0 Å². The molecule has 0 bridgehead atoms. The van der Waals surface area contributed by atoms with Gasteiger partial charge in [-0.25, -0.2) is 0 Å². The van der Waals surface area contributed by atoms with Crippen LogP contribution in [0.1, 0.15) is 85.9 Å². The molecule has 5 heteroatoms. The van der Waals surface area contributed by atoms with Crippen molar-refractivity contribution in [2.24, 2.45) is 0 Å². The lowest BCUT2D eigenvalue weighted by molar-refractivity contribution is 0.0948. The second kappa shape index (κ2) is 12.3. The summed E-state index contributed by atoms with van der Waals surface area (Å²) in [7, 11) is 0. The van der Waals surface area contributed by atoms with Crippen LogP contribution < -0.4 is 10.6 Å². The zero-order valence-corrected chi connectivity index (χ0v) is 15.6. The van der Waals surface area contributed by atoms with Crippen molar-refractivity contribution in [3.8, 4) is 5.75 Å². The van der Waals surface area contributed by atoms with E-state index in [2.05, 4.69) is 24.5 Å². The van der Waals surface area contributed by atoms with E-state index >= 15 is 0 Å². The molecular weight excluding hydrogens is 316 g/mol. The first-order valence-electron chi connectivity index (χ1n) is 9.50. The van der Waals surface area contributed by atoms with E-state index in [1.54, 1.807) is 6.07 Å². The number of aromatic hydroxyl groups is 1. The molecule has 0 saturated heterocycles. The number of carbonyl (C=O) groups excluding carboxylic acids is 2. The van der Waals surface area contributed by atoms with E-state index in [-0.39, 0.29) is 28.7 Å². The average Bonchev–Trinajstić information content (AvgIpc) is 2.61. The van der Waals surface area contributed by atoms with Crippen LogP contribution in [0.15, 0.2) is 18.2 Å². The van der Waals surface area contributed by atoms with Crippen molar-refractivity contribution in [3.05, 3.63) is 29.3 Å². The van der Waals surface area contributed by atoms with Crippen molar-refractivity contribution in [2.75, 3.05) is 13.1 Å². The Morgan fingerprint density at radius 1 is 0.800 bits per heavy atom. The lowest BCUT2D eigenvalue weighted by Gasteiger charge is -2.11. The fourth-order valence-corrected chi connectivity index (χ4v) is 2.61. The molecule has 1 aromatic carbocycles. The van der Waals surface area contributed by atoms with Crippen LogP contribution in [-0.2, 0) is 0 Å². The molecule has 0 unspecified atom stereocenters. The van der Waals surface area contributed by atoms with Gasteiger partial charge >= 0.3 is 0 Å². The quantitative estimate of drug-likeness (QED) is 0.499. The van der Waals surface area contributed by atoms with Crippen molar-refractivity contribution in [3.63, 3.8) is 0 Å². The highest BCUT2D eigenvalue weighted by Gasteiger charge is 2.18. The molecule has 0 aromatic heterocycles. The van der Waals surface area contributed by atoms with E-state index in [0.717, 1.165) is 51.4 Å². The maximum Gasteiger partial charge on any atom is 0.255 e. The van der Waals surface area contributed by atoms with Crippen molar-refractivity contribution in [1.29, 1.82) is 0 Å². The normalized spacial score (nSPS) is 10.5. The summed E-state index contributed by atoms with van der Waals surface area (Å²) in [5.74, 6) is -0.933. The number of phenolic OH excluding ortho intramolecular Hbond substituents is 1. The Kier molecular flexibility index (Phi) is 10.4. The lowest BCUT2D eigenvalue weighted by atomic mass is 10.1. The molecule has 0 radical (unpaired) electrons. The Morgan fingerprint density at radius 3 is 1.64 bits per heavy atom. The number of rotatable bonds is 12. The first-order chi connectivity index (χ1) is 12.1. The molecular formula is C20H32N2O3. The van der Waals surface area contributed by atoms with Gasteiger partial charge in [-0.1, -0.05) is 58.4 Å². The molecule has 0 atom stereocenters. The Hall–Kier alpha value is -2.04. The number of para-hydroxylation sites is 1. The third-order valence-corrected chi connectivity index (χ3v) is 4.16. The molecule has 25 heavy (non-hydrogen) atoms. The van der Waals surface area contributed by atoms with Crippen molar-refractivity contribution >= 4 is 11.8 Å². The van der Waals surface area contributed by atoms with Crippen LogP contribution in [0.5, 0.6) is 5.75 Å². The van der Waals surface area contributed by atoms with Gasteiger partial charge in [0.15, 0.2) is 0 Å². The van der Waals surface area contributed by atoms with Gasteiger partial charge < -0.3 is 15.7 Å². The molecule has 0 aliphatic heterocycles. The Bertz CT molecular complexity index is 499. The zero-order valence-electron chi connectivity index (χ0n) is 15.6. The number of carbonyl (C=O) groups is 2. The number of hydrogen-bond acceptors (Lipinski definition) is 3. The van der Waals surface area contributed by atoms with Crippen LogP contribution in [0.2, 0.25) is 0 Å². The number of hydrogen-bond donors (Lipinski definition) is 3. The minimum atomic E-state index is -0.341. The van der Waals surface area contributed by atoms with Gasteiger partial charge in [0.05, 0.1) is 11.1 Å². The van der Waals surface area contributed by atoms with Gasteiger partial charge in [0, 0.05) is 13.1 Å². The van der Waals surface area contributed by atoms with Crippen LogP contribution >= 0.6 is 0 Å². The zero-order chi connectivity index (χ0) is 18.5. The molecule has 2 amide bonds. The predicted molar refractivity (Wildman–Crippen MR) is 101 cm³/mol. The van der Waals surface area contributed by atoms with Gasteiger partial charge in [0.1, 0.15) is 5.75 Å². The fraction of sp³-hybridized carbons (Fsp3) is 0.600. The van der Waals surface area contributed by atoms with E-state index in [1.807, 2.05) is 0 Å². The van der Waals surface area contributed by atoms with Crippen LogP contribution in [0.3, 0.4) is 0 Å². The molecule has 0 fully saturated rings. The van der Waals surface area contributed by atoms with Gasteiger partial charge in [0.25, 0.3) is 11.8 Å². The first-order valence-corrected chi connectivity index (χ1v) is 9.50. The maximum absolute atomic E-state index is 12.2. The van der Waals surface area contributed by atoms with Crippen LogP contribution in [0.25, 0.3) is 0 Å². The molecule has 3 N–H and O–H groups in total. The minimum absolute atomic E-state index is 0.147. The summed E-state index contributed by atoms with van der Waals surface area (Å²) in [4.78, 5) is 24.4. The Balaban J connectivity index is 2.56. The summed E-state index contributed by atoms with van der Waals surface area (Å²) in [6, 6.07) is 4.70. The first kappa shape index (κ1) is 21.0. The van der Waals surface area contributed by atoms with Gasteiger partial charge in [-0.15, -0.1) is 0 Å². The fourth-order valence-electron chi connectivity index (χ4n) is 2.61. The van der Waals surface area contributed by atoms with E-state index in [0.29, 0.717) is 13.1 Å². The van der Waals surface area contributed by atoms with Crippen LogP contribution in [-0.4, -0.2) is 30.0 Å². The summed E-state index contributed by atoms with van der Waals surface area (Å²) >= 11 is 0. The van der Waals surface area contributed by atoms with Gasteiger partial charge in [0.2, 0.25) is 0 Å². The van der Waals surface area contributed by atoms with E-state index in [4.69, 9.17) is 0 Å². The summed E-state index contributed by atoms with van der Waals surface area (Å²) < 4.78 is 0. The second-order valence-corrected chi connectivity index (χ2v) is 6.33. The van der Waals surface area contributed by atoms with Gasteiger partial charge in [-0.05, 0) is 25.0 Å². The predicted octanol–water partition coefficient (Wildman–Crippen LogP) is 4.01. The molecule has 0 aliphatic carbocycles. The van der Waals surface area contributed by atoms with Crippen molar-refractivity contribution < 1.29 is 14.7 Å². The smallest absolute Gasteiger partial charge is 0.255 e. The molecule has 0 saturated carbocycles. The Morgan fingerprint density at radius 2 is 1.24 bits per heavy atom. The number of unbranched alkanes of at least 4 members (excludes halogenated alkanes) is 6. The lowest BCUT2D eigenvalue weighted by Crippen LogP contribution is -2.27. The van der Waals surface area contributed by atoms with E-state index < -0.39 is 0 Å². The van der Waals surface area contributed by atoms with Gasteiger partial charge in [-0.3, -0.25) is 9.59 Å². The summed E-state index contributed by atoms with van der Waals surface area (Å²) in [5.41, 5.74) is 0.295. The molecule has 0 aliphatic rings. The Labute approximate surface area is 151 Å². The molecule has 1 aromatic rings. The maximum atomic E-state index is 12.2. The monoisotopic (exact) mass is 348 g/mol. The number of amides is 2. The van der Waals surface area contributed by atoms with Gasteiger partial charge in [-0.2, -0.15) is 0 Å². The highest BCUT2D eigenvalue weighted by molar-refractivity contribution is 6.03. The number of benzene rings is 1. The second-order valence-electron chi connectivity index (χ2n) is 6.33. The summed E-state index contributed by atoms with van der Waals surface area (Å²) in [6.45, 7) is 5.42. The third kappa shape index (κ3) is 7.59. The number of nitrogens with one attached hydrogen (secondary N) is 2. The van der Waals surface area contributed by atoms with Crippen LogP contribution in [0.4, 0.5) is 0 Å². The van der Waals surface area contributed by atoms with E-state index in [9.17, 15) is 14.7 Å². The molecule has 0 spiro atoms. The van der Waals surface area contributed by atoms with E-state index in [1.165, 1.54) is 12.1 Å². The summed E-state index contributed by atoms with van der Waals surface area (Å²) in [5, 5.41) is 15.9. The third-order valence-electron chi connectivity index (χ3n) is 4.16. The number of phenols is 1. The highest BCUT2D eigenvalue weighted by atomic mass is 16.3. The molecule has 0 heterocycles. The highest BCUT2D eigenvalue weighted by Crippen LogP contribution is 2.22. The topological polar surface area (TPSA) is 78.4 Å².